The number of aliphatic hydroxyl groups is 2. The Labute approximate surface area is 137 Å². The second-order valence-electron chi connectivity index (χ2n) is 5.55. The first-order chi connectivity index (χ1) is 9.52. The molecule has 0 aromatic heterocycles. The van der Waals surface area contributed by atoms with Crippen molar-refractivity contribution in [3.8, 4) is 0 Å². The number of rotatable bonds is 9. The third kappa shape index (κ3) is 5.19. The largest absolute Gasteiger partial charge is 0.480 e. The molecule has 0 aromatic carbocycles. The van der Waals surface area contributed by atoms with Crippen LogP contribution in [0.25, 0.3) is 0 Å². The fourth-order valence-electron chi connectivity index (χ4n) is 1.47. The number of hydrogen-bond donors (Lipinski definition) is 4. The second-order valence-corrected chi connectivity index (χ2v) is 7.39. The van der Waals surface area contributed by atoms with Crippen molar-refractivity contribution in [1.29, 1.82) is 0 Å². The molecule has 0 aliphatic rings. The smallest absolute Gasteiger partial charge is 0.329 e. The van der Waals surface area contributed by atoms with Crippen LogP contribution in [0.15, 0.2) is 0 Å². The van der Waals surface area contributed by atoms with Crippen molar-refractivity contribution in [1.82, 2.24) is 5.32 Å². The molecule has 122 valence electrons. The molecule has 0 heterocycles. The number of carbonyl (C=O) groups is 3. The Morgan fingerprint density at radius 3 is 2.19 bits per heavy atom. The number of carboxylic acid groups (broad SMARTS) is 1. The van der Waals surface area contributed by atoms with Crippen molar-refractivity contribution in [2.24, 2.45) is 5.41 Å². The van der Waals surface area contributed by atoms with E-state index in [1.54, 1.807) is 6.92 Å². The van der Waals surface area contributed by atoms with Crippen LogP contribution in [0.4, 0.5) is 0 Å². The second kappa shape index (κ2) is 8.04. The van der Waals surface area contributed by atoms with Crippen LogP contribution in [0.2, 0.25) is 0 Å². The van der Waals surface area contributed by atoms with Gasteiger partial charge in [0.25, 0.3) is 0 Å². The lowest BCUT2D eigenvalue weighted by Gasteiger charge is -2.28. The van der Waals surface area contributed by atoms with Crippen molar-refractivity contribution >= 4 is 40.3 Å². The zero-order valence-electron chi connectivity index (χ0n) is 12.4. The van der Waals surface area contributed by atoms with Crippen LogP contribution in [0.3, 0.4) is 0 Å². The van der Waals surface area contributed by atoms with E-state index in [9.17, 15) is 24.6 Å². The van der Waals surface area contributed by atoms with E-state index in [1.807, 2.05) is 0 Å². The topological polar surface area (TPSA) is 124 Å². The highest BCUT2D eigenvalue weighted by Gasteiger charge is 2.44. The van der Waals surface area contributed by atoms with Crippen LogP contribution >= 0.6 is 22.6 Å². The number of aliphatic hydroxyl groups excluding tert-OH is 2. The molecular weight excluding hydrogens is 393 g/mol. The predicted molar refractivity (Wildman–Crippen MR) is 84.2 cm³/mol. The summed E-state index contributed by atoms with van der Waals surface area (Å²) in [7, 11) is 0. The molecule has 0 saturated heterocycles. The Morgan fingerprint density at radius 2 is 1.81 bits per heavy atom. The molecule has 0 rings (SSSR count). The Hall–Kier alpha value is -0.740. The van der Waals surface area contributed by atoms with Gasteiger partial charge in [-0.3, -0.25) is 14.4 Å². The van der Waals surface area contributed by atoms with Gasteiger partial charge in [0.15, 0.2) is 9.20 Å². The van der Waals surface area contributed by atoms with E-state index in [1.165, 1.54) is 36.4 Å². The number of carbonyl (C=O) groups excluding carboxylic acids is 2. The molecule has 1 amide bonds. The van der Waals surface area contributed by atoms with Crippen LogP contribution in [0, 0.1) is 5.41 Å². The summed E-state index contributed by atoms with van der Waals surface area (Å²) in [5.74, 6) is -2.65. The average Bonchev–Trinajstić information content (AvgIpc) is 2.43. The number of ketones is 1. The van der Waals surface area contributed by atoms with Crippen molar-refractivity contribution in [3.05, 3.63) is 0 Å². The number of halogens is 1. The van der Waals surface area contributed by atoms with Crippen LogP contribution < -0.4 is 5.32 Å². The van der Waals surface area contributed by atoms with Gasteiger partial charge < -0.3 is 20.6 Å². The molecule has 21 heavy (non-hydrogen) atoms. The molecule has 0 fully saturated rings. The molecule has 0 aliphatic heterocycles. The maximum atomic E-state index is 11.9. The minimum absolute atomic E-state index is 0.0931. The van der Waals surface area contributed by atoms with Gasteiger partial charge in [0.2, 0.25) is 5.91 Å². The molecule has 0 radical (unpaired) electrons. The molecule has 8 heteroatoms. The summed E-state index contributed by atoms with van der Waals surface area (Å²) in [6.07, 6.45) is -0.904. The normalized spacial score (nSPS) is 15.9. The van der Waals surface area contributed by atoms with Crippen molar-refractivity contribution in [2.45, 2.75) is 43.1 Å². The number of alkyl halides is 1. The lowest BCUT2D eigenvalue weighted by Crippen LogP contribution is -2.53. The van der Waals surface area contributed by atoms with Gasteiger partial charge in [0.05, 0.1) is 13.2 Å². The van der Waals surface area contributed by atoms with Crippen molar-refractivity contribution in [3.63, 3.8) is 0 Å². The summed E-state index contributed by atoms with van der Waals surface area (Å²) >= 11 is 1.51. The zero-order valence-corrected chi connectivity index (χ0v) is 14.5. The Bertz CT molecular complexity index is 411. The number of nitrogens with one attached hydrogen (secondary N) is 1. The average molecular weight is 415 g/mol. The lowest BCUT2D eigenvalue weighted by molar-refractivity contribution is -0.143. The summed E-state index contributed by atoms with van der Waals surface area (Å²) in [5, 5.41) is 30.4. The lowest BCUT2D eigenvalue weighted by atomic mass is 9.87. The first-order valence-corrected chi connectivity index (χ1v) is 7.63. The van der Waals surface area contributed by atoms with Gasteiger partial charge >= 0.3 is 5.97 Å². The fourth-order valence-corrected chi connectivity index (χ4v) is 1.93. The molecule has 0 spiro atoms. The van der Waals surface area contributed by atoms with E-state index >= 15 is 0 Å². The molecule has 0 aromatic rings. The third-order valence-corrected chi connectivity index (χ3v) is 4.60. The summed E-state index contributed by atoms with van der Waals surface area (Å²) in [5.41, 5.74) is -1.06. The summed E-state index contributed by atoms with van der Waals surface area (Å²) in [6.45, 7) is 3.91. The number of hydrogen-bond acceptors (Lipinski definition) is 5. The minimum Gasteiger partial charge on any atom is -0.480 e. The first-order valence-electron chi connectivity index (χ1n) is 6.55. The summed E-state index contributed by atoms with van der Waals surface area (Å²) in [6, 6.07) is 0. The van der Waals surface area contributed by atoms with Gasteiger partial charge in [-0.25, -0.2) is 0 Å². The fraction of sp³-hybridized carbons (Fsp3) is 0.769. The van der Waals surface area contributed by atoms with Gasteiger partial charge in [0, 0.05) is 11.8 Å². The van der Waals surface area contributed by atoms with Crippen LogP contribution in [0.5, 0.6) is 0 Å². The van der Waals surface area contributed by atoms with Gasteiger partial charge in [-0.15, -0.1) is 0 Å². The van der Waals surface area contributed by atoms with Crippen LogP contribution in [-0.2, 0) is 14.4 Å². The van der Waals surface area contributed by atoms with Gasteiger partial charge in [-0.2, -0.15) is 0 Å². The molecule has 2 atom stereocenters. The van der Waals surface area contributed by atoms with Crippen molar-refractivity contribution in [2.75, 3.05) is 13.2 Å². The highest BCUT2D eigenvalue weighted by Crippen LogP contribution is 2.24. The monoisotopic (exact) mass is 415 g/mol. The van der Waals surface area contributed by atoms with E-state index in [-0.39, 0.29) is 6.42 Å². The quantitative estimate of drug-likeness (QED) is 0.241. The predicted octanol–water partition coefficient (Wildman–Crippen LogP) is 0.110. The Morgan fingerprint density at radius 1 is 1.29 bits per heavy atom. The zero-order chi connectivity index (χ0) is 16.8. The van der Waals surface area contributed by atoms with Gasteiger partial charge in [-0.05, 0) is 6.42 Å². The van der Waals surface area contributed by atoms with Gasteiger partial charge in [0.1, 0.15) is 6.10 Å². The SMILES string of the molecule is CCCC(=O)C(I)(CNC(=O)[C@H](O)C(C)(C)CO)C(=O)O. The van der Waals surface area contributed by atoms with E-state index in [0.717, 1.165) is 0 Å². The summed E-state index contributed by atoms with van der Waals surface area (Å²) < 4.78 is -1.76. The molecule has 4 N–H and O–H groups in total. The molecule has 0 saturated carbocycles. The van der Waals surface area contributed by atoms with E-state index in [2.05, 4.69) is 5.32 Å². The van der Waals surface area contributed by atoms with E-state index in [4.69, 9.17) is 5.11 Å². The highest BCUT2D eigenvalue weighted by atomic mass is 127. The van der Waals surface area contributed by atoms with E-state index in [0.29, 0.717) is 6.42 Å². The number of aliphatic carboxylic acids is 1. The van der Waals surface area contributed by atoms with Crippen LogP contribution in [-0.4, -0.2) is 55.7 Å². The Balaban J connectivity index is 4.90. The third-order valence-electron chi connectivity index (χ3n) is 3.16. The molecular formula is C13H22INO6. The molecule has 1 unspecified atom stereocenters. The number of amides is 1. The maximum Gasteiger partial charge on any atom is 0.329 e. The Kier molecular flexibility index (Phi) is 7.76. The number of Topliss-reactive ketones (excluding diaryl/α,β-unsaturated/α-hetero) is 1. The van der Waals surface area contributed by atoms with Crippen molar-refractivity contribution < 1.29 is 29.7 Å². The highest BCUT2D eigenvalue weighted by molar-refractivity contribution is 14.1. The van der Waals surface area contributed by atoms with E-state index < -0.39 is 45.8 Å². The minimum atomic E-state index is -1.76. The molecule has 7 nitrogen and oxygen atoms in total. The van der Waals surface area contributed by atoms with Crippen LogP contribution in [0.1, 0.15) is 33.6 Å². The standard InChI is InChI=1S/C13H22INO6/c1-4-5-8(17)13(14,11(20)21)6-15-10(19)9(18)12(2,3)7-16/h9,16,18H,4-7H2,1-3H3,(H,15,19)(H,20,21)/t9-,13?/m0/s1. The van der Waals surface area contributed by atoms with Gasteiger partial charge in [-0.1, -0.05) is 43.4 Å². The first kappa shape index (κ1) is 20.3. The molecule has 0 aliphatic carbocycles. The maximum absolute atomic E-state index is 11.9. The summed E-state index contributed by atoms with van der Waals surface area (Å²) in [4.78, 5) is 35.0. The molecule has 0 bridgehead atoms. The number of carboxylic acids is 1.